The van der Waals surface area contributed by atoms with Crippen LogP contribution in [-0.2, 0) is 4.79 Å². The molecule has 110 valence electrons. The van der Waals surface area contributed by atoms with E-state index in [1.165, 1.54) is 32.1 Å². The largest absolute Gasteiger partial charge is 0.356 e. The van der Waals surface area contributed by atoms with Crippen molar-refractivity contribution in [2.75, 3.05) is 19.6 Å². The maximum absolute atomic E-state index is 11.9. The number of fused-ring (bicyclic) bond motifs is 2. The van der Waals surface area contributed by atoms with Crippen molar-refractivity contribution < 1.29 is 4.79 Å². The molecule has 3 rings (SSSR count). The maximum atomic E-state index is 11.9. The fraction of sp³-hybridized carbons (Fsp3) is 0.933. The highest BCUT2D eigenvalue weighted by Gasteiger charge is 2.39. The molecular weight excluding hydrogens is 260 g/mol. The van der Waals surface area contributed by atoms with Crippen LogP contribution in [0, 0.1) is 23.7 Å². The summed E-state index contributed by atoms with van der Waals surface area (Å²) in [7, 11) is 0. The zero-order valence-corrected chi connectivity index (χ0v) is 12.5. The van der Waals surface area contributed by atoms with E-state index in [0.717, 1.165) is 50.2 Å². The van der Waals surface area contributed by atoms with Crippen LogP contribution in [0.3, 0.4) is 0 Å². The summed E-state index contributed by atoms with van der Waals surface area (Å²) in [6, 6.07) is 0. The molecule has 3 nitrogen and oxygen atoms in total. The van der Waals surface area contributed by atoms with Gasteiger partial charge in [0.25, 0.3) is 0 Å². The Balaban J connectivity index is 0.00000133. The highest BCUT2D eigenvalue weighted by Crippen LogP contribution is 2.49. The van der Waals surface area contributed by atoms with Crippen molar-refractivity contribution in [2.24, 2.45) is 23.7 Å². The van der Waals surface area contributed by atoms with Crippen LogP contribution in [-0.4, -0.2) is 25.5 Å². The molecule has 4 unspecified atom stereocenters. The zero-order valence-electron chi connectivity index (χ0n) is 11.7. The summed E-state index contributed by atoms with van der Waals surface area (Å²) in [5, 5.41) is 6.50. The Hall–Kier alpha value is -0.280. The van der Waals surface area contributed by atoms with E-state index in [1.807, 2.05) is 0 Å². The first-order chi connectivity index (χ1) is 8.81. The average molecular weight is 287 g/mol. The highest BCUT2D eigenvalue weighted by atomic mass is 35.5. The summed E-state index contributed by atoms with van der Waals surface area (Å²) in [5.41, 5.74) is 0. The second-order valence-corrected chi connectivity index (χ2v) is 6.64. The van der Waals surface area contributed by atoms with E-state index in [2.05, 4.69) is 10.6 Å². The Morgan fingerprint density at radius 2 is 2.11 bits per heavy atom. The van der Waals surface area contributed by atoms with Crippen molar-refractivity contribution in [3.63, 3.8) is 0 Å². The van der Waals surface area contributed by atoms with Gasteiger partial charge in [-0.3, -0.25) is 4.79 Å². The van der Waals surface area contributed by atoms with Gasteiger partial charge < -0.3 is 10.6 Å². The lowest BCUT2D eigenvalue weighted by molar-refractivity contribution is -0.122. The summed E-state index contributed by atoms with van der Waals surface area (Å²) in [6.45, 7) is 3.18. The lowest BCUT2D eigenvalue weighted by Gasteiger charge is -2.21. The van der Waals surface area contributed by atoms with Crippen LogP contribution < -0.4 is 10.6 Å². The number of carbonyl (C=O) groups excluding carboxylic acids is 1. The lowest BCUT2D eigenvalue weighted by Crippen LogP contribution is -2.29. The molecule has 0 aromatic heterocycles. The molecule has 2 aliphatic carbocycles. The topological polar surface area (TPSA) is 41.1 Å². The van der Waals surface area contributed by atoms with Crippen molar-refractivity contribution in [3.8, 4) is 0 Å². The number of hydrogen-bond acceptors (Lipinski definition) is 2. The minimum absolute atomic E-state index is 0. The molecule has 0 aromatic rings. The second-order valence-electron chi connectivity index (χ2n) is 6.64. The van der Waals surface area contributed by atoms with E-state index in [9.17, 15) is 4.79 Å². The predicted molar refractivity (Wildman–Crippen MR) is 79.4 cm³/mol. The number of amides is 1. The van der Waals surface area contributed by atoms with Crippen molar-refractivity contribution in [1.82, 2.24) is 10.6 Å². The molecule has 4 atom stereocenters. The molecular formula is C15H27ClN2O. The van der Waals surface area contributed by atoms with Gasteiger partial charge in [-0.2, -0.15) is 0 Å². The fourth-order valence-electron chi connectivity index (χ4n) is 4.31. The minimum Gasteiger partial charge on any atom is -0.356 e. The quantitative estimate of drug-likeness (QED) is 0.815. The molecule has 19 heavy (non-hydrogen) atoms. The number of nitrogens with one attached hydrogen (secondary N) is 2. The summed E-state index contributed by atoms with van der Waals surface area (Å²) >= 11 is 0. The summed E-state index contributed by atoms with van der Waals surface area (Å²) in [5.74, 6) is 3.63. The van der Waals surface area contributed by atoms with Gasteiger partial charge in [-0.05, 0) is 68.9 Å². The SMILES string of the molecule is Cl.O=C(CC1CC2CCC1C2)NCCC1CCNC1. The van der Waals surface area contributed by atoms with Crippen LogP contribution in [0.25, 0.3) is 0 Å². The smallest absolute Gasteiger partial charge is 0.220 e. The molecule has 1 heterocycles. The number of rotatable bonds is 5. The van der Waals surface area contributed by atoms with Crippen molar-refractivity contribution in [2.45, 2.75) is 44.9 Å². The molecule has 2 N–H and O–H groups in total. The molecule has 1 saturated heterocycles. The van der Waals surface area contributed by atoms with Gasteiger partial charge in [0, 0.05) is 13.0 Å². The summed E-state index contributed by atoms with van der Waals surface area (Å²) in [4.78, 5) is 11.9. The normalized spacial score (nSPS) is 36.2. The number of halogens is 1. The van der Waals surface area contributed by atoms with Gasteiger partial charge in [-0.15, -0.1) is 12.4 Å². The van der Waals surface area contributed by atoms with Crippen molar-refractivity contribution in [3.05, 3.63) is 0 Å². The monoisotopic (exact) mass is 286 g/mol. The van der Waals surface area contributed by atoms with Gasteiger partial charge in [0.2, 0.25) is 5.91 Å². The minimum atomic E-state index is 0. The molecule has 1 aliphatic heterocycles. The first-order valence-electron chi connectivity index (χ1n) is 7.78. The Morgan fingerprint density at radius 1 is 1.21 bits per heavy atom. The van der Waals surface area contributed by atoms with Crippen molar-refractivity contribution >= 4 is 18.3 Å². The van der Waals surface area contributed by atoms with E-state index in [4.69, 9.17) is 0 Å². The van der Waals surface area contributed by atoms with E-state index in [-0.39, 0.29) is 12.4 Å². The Labute approximate surface area is 122 Å². The summed E-state index contributed by atoms with van der Waals surface area (Å²) in [6.07, 6.45) is 8.77. The molecule has 3 aliphatic rings. The number of hydrogen-bond donors (Lipinski definition) is 2. The van der Waals surface area contributed by atoms with Gasteiger partial charge in [-0.25, -0.2) is 0 Å². The van der Waals surface area contributed by atoms with Crippen LogP contribution in [0.1, 0.15) is 44.9 Å². The third kappa shape index (κ3) is 3.85. The van der Waals surface area contributed by atoms with Gasteiger partial charge in [0.05, 0.1) is 0 Å². The number of carbonyl (C=O) groups is 1. The Kier molecular flexibility index (Phi) is 5.52. The molecule has 2 saturated carbocycles. The van der Waals surface area contributed by atoms with Crippen LogP contribution in [0.4, 0.5) is 0 Å². The van der Waals surface area contributed by atoms with E-state index in [1.54, 1.807) is 0 Å². The van der Waals surface area contributed by atoms with Crippen LogP contribution in [0.5, 0.6) is 0 Å². The maximum Gasteiger partial charge on any atom is 0.220 e. The van der Waals surface area contributed by atoms with Gasteiger partial charge >= 0.3 is 0 Å². The molecule has 3 fully saturated rings. The molecule has 0 spiro atoms. The van der Waals surface area contributed by atoms with Crippen LogP contribution in [0.15, 0.2) is 0 Å². The third-order valence-corrected chi connectivity index (χ3v) is 5.37. The van der Waals surface area contributed by atoms with E-state index < -0.39 is 0 Å². The first kappa shape index (κ1) is 15.1. The summed E-state index contributed by atoms with van der Waals surface area (Å²) < 4.78 is 0. The average Bonchev–Trinajstić information content (AvgIpc) is 3.04. The first-order valence-corrected chi connectivity index (χ1v) is 7.78. The molecule has 2 bridgehead atoms. The second kappa shape index (κ2) is 6.94. The van der Waals surface area contributed by atoms with Crippen LogP contribution >= 0.6 is 12.4 Å². The van der Waals surface area contributed by atoms with E-state index in [0.29, 0.717) is 11.8 Å². The van der Waals surface area contributed by atoms with E-state index >= 15 is 0 Å². The van der Waals surface area contributed by atoms with Gasteiger partial charge in [-0.1, -0.05) is 6.42 Å². The standard InChI is InChI=1S/C15H26N2O.ClH/c18-15(17-6-4-11-3-5-16-10-11)9-14-8-12-1-2-13(14)7-12;/h11-14,16H,1-10H2,(H,17,18);1H. The third-order valence-electron chi connectivity index (χ3n) is 5.37. The predicted octanol–water partition coefficient (Wildman–Crippen LogP) is 2.35. The van der Waals surface area contributed by atoms with Crippen LogP contribution in [0.2, 0.25) is 0 Å². The Morgan fingerprint density at radius 3 is 2.74 bits per heavy atom. The van der Waals surface area contributed by atoms with Crippen molar-refractivity contribution in [1.29, 1.82) is 0 Å². The molecule has 4 heteroatoms. The van der Waals surface area contributed by atoms with Gasteiger partial charge in [0.1, 0.15) is 0 Å². The fourth-order valence-corrected chi connectivity index (χ4v) is 4.31. The molecule has 0 radical (unpaired) electrons. The Bertz CT molecular complexity index is 305. The molecule has 0 aromatic carbocycles. The van der Waals surface area contributed by atoms with Gasteiger partial charge in [0.15, 0.2) is 0 Å². The zero-order chi connectivity index (χ0) is 12.4. The highest BCUT2D eigenvalue weighted by molar-refractivity contribution is 5.85. The lowest BCUT2D eigenvalue weighted by atomic mass is 9.86. The molecule has 1 amide bonds.